The van der Waals surface area contributed by atoms with Crippen LogP contribution in [-0.2, 0) is 23.9 Å². The molecule has 1 aliphatic heterocycles. The Labute approximate surface area is 194 Å². The predicted octanol–water partition coefficient (Wildman–Crippen LogP) is 3.70. The minimum Gasteiger partial charge on any atom is -0.462 e. The van der Waals surface area contributed by atoms with E-state index in [1.807, 2.05) is 0 Å². The quantitative estimate of drug-likeness (QED) is 0.608. The molecule has 0 radical (unpaired) electrons. The number of halogens is 2. The molecule has 2 amide bonds. The topological polar surface area (TPSA) is 102 Å². The van der Waals surface area contributed by atoms with Gasteiger partial charge in [0.25, 0.3) is 5.91 Å². The van der Waals surface area contributed by atoms with Gasteiger partial charge in [0.15, 0.2) is 6.61 Å². The molecule has 10 heteroatoms. The Morgan fingerprint density at radius 3 is 2.50 bits per heavy atom. The number of rotatable bonds is 7. The van der Waals surface area contributed by atoms with E-state index in [9.17, 15) is 19.2 Å². The van der Waals surface area contributed by atoms with Crippen molar-refractivity contribution in [2.45, 2.75) is 13.3 Å². The number of anilines is 2. The summed E-state index contributed by atoms with van der Waals surface area (Å²) < 4.78 is 9.97. The van der Waals surface area contributed by atoms with Gasteiger partial charge >= 0.3 is 11.9 Å². The lowest BCUT2D eigenvalue weighted by Gasteiger charge is -2.18. The fourth-order valence-corrected chi connectivity index (χ4v) is 3.53. The highest BCUT2D eigenvalue weighted by molar-refractivity contribution is 6.35. The summed E-state index contributed by atoms with van der Waals surface area (Å²) in [7, 11) is 0. The first-order chi connectivity index (χ1) is 15.3. The van der Waals surface area contributed by atoms with Crippen molar-refractivity contribution in [3.05, 3.63) is 58.1 Å². The van der Waals surface area contributed by atoms with Crippen LogP contribution in [0.25, 0.3) is 0 Å². The summed E-state index contributed by atoms with van der Waals surface area (Å²) in [6.07, 6.45) is -0.0569. The number of esters is 2. The number of hydrogen-bond donors (Lipinski definition) is 1. The summed E-state index contributed by atoms with van der Waals surface area (Å²) in [5.41, 5.74) is 1.20. The van der Waals surface area contributed by atoms with Crippen LogP contribution in [0.2, 0.25) is 10.0 Å². The Kier molecular flexibility index (Phi) is 7.71. The van der Waals surface area contributed by atoms with Crippen LogP contribution in [0.4, 0.5) is 11.4 Å². The van der Waals surface area contributed by atoms with Gasteiger partial charge in [0.1, 0.15) is 0 Å². The average Bonchev–Trinajstić information content (AvgIpc) is 3.16. The second kappa shape index (κ2) is 10.5. The number of benzene rings is 2. The molecule has 32 heavy (non-hydrogen) atoms. The Hall–Kier alpha value is -3.10. The first-order valence-corrected chi connectivity index (χ1v) is 10.5. The van der Waals surface area contributed by atoms with E-state index in [2.05, 4.69) is 5.32 Å². The Morgan fingerprint density at radius 2 is 1.81 bits per heavy atom. The zero-order chi connectivity index (χ0) is 23.3. The number of hydrogen-bond acceptors (Lipinski definition) is 6. The van der Waals surface area contributed by atoms with Crippen molar-refractivity contribution in [1.29, 1.82) is 0 Å². The predicted molar refractivity (Wildman–Crippen MR) is 119 cm³/mol. The van der Waals surface area contributed by atoms with Crippen molar-refractivity contribution in [3.8, 4) is 0 Å². The number of nitrogens with one attached hydrogen (secondary N) is 1. The molecule has 1 fully saturated rings. The minimum atomic E-state index is -0.728. The maximum Gasteiger partial charge on any atom is 0.338 e. The van der Waals surface area contributed by atoms with E-state index >= 15 is 0 Å². The maximum absolute atomic E-state index is 12.4. The van der Waals surface area contributed by atoms with Crippen LogP contribution in [0.15, 0.2) is 42.5 Å². The van der Waals surface area contributed by atoms with Crippen molar-refractivity contribution in [1.82, 2.24) is 0 Å². The second-order valence-electron chi connectivity index (χ2n) is 6.95. The zero-order valence-electron chi connectivity index (χ0n) is 17.1. The fraction of sp³-hybridized carbons (Fsp3) is 0.273. The van der Waals surface area contributed by atoms with Crippen molar-refractivity contribution in [2.75, 3.05) is 30.0 Å². The van der Waals surface area contributed by atoms with Crippen molar-refractivity contribution in [3.63, 3.8) is 0 Å². The largest absolute Gasteiger partial charge is 0.462 e. The molecule has 1 atom stereocenters. The summed E-state index contributed by atoms with van der Waals surface area (Å²) in [4.78, 5) is 49.8. The Morgan fingerprint density at radius 1 is 1.09 bits per heavy atom. The molecule has 0 saturated carbocycles. The molecule has 0 aliphatic carbocycles. The molecule has 1 aliphatic rings. The van der Waals surface area contributed by atoms with Gasteiger partial charge in [-0.1, -0.05) is 23.2 Å². The van der Waals surface area contributed by atoms with E-state index < -0.39 is 30.4 Å². The summed E-state index contributed by atoms with van der Waals surface area (Å²) in [6.45, 7) is 1.54. The molecule has 2 aromatic rings. The molecule has 1 N–H and O–H groups in total. The van der Waals surface area contributed by atoms with E-state index in [0.717, 1.165) is 0 Å². The highest BCUT2D eigenvalue weighted by Gasteiger charge is 2.37. The van der Waals surface area contributed by atoms with Gasteiger partial charge in [-0.3, -0.25) is 14.4 Å². The van der Waals surface area contributed by atoms with E-state index in [1.165, 1.54) is 29.2 Å². The molecule has 8 nitrogen and oxygen atoms in total. The van der Waals surface area contributed by atoms with Gasteiger partial charge in [0.05, 0.1) is 28.8 Å². The van der Waals surface area contributed by atoms with Gasteiger partial charge in [-0.05, 0) is 49.4 Å². The monoisotopic (exact) mass is 478 g/mol. The van der Waals surface area contributed by atoms with Crippen LogP contribution in [0.5, 0.6) is 0 Å². The lowest BCUT2D eigenvalue weighted by molar-refractivity contribution is -0.151. The smallest absolute Gasteiger partial charge is 0.338 e. The van der Waals surface area contributed by atoms with Gasteiger partial charge in [0, 0.05) is 23.7 Å². The van der Waals surface area contributed by atoms with E-state index in [4.69, 9.17) is 32.7 Å². The van der Waals surface area contributed by atoms with Gasteiger partial charge in [-0.15, -0.1) is 0 Å². The van der Waals surface area contributed by atoms with E-state index in [0.29, 0.717) is 27.0 Å². The van der Waals surface area contributed by atoms with E-state index in [-0.39, 0.29) is 25.5 Å². The normalized spacial score (nSPS) is 15.4. The van der Waals surface area contributed by atoms with Crippen molar-refractivity contribution in [2.24, 2.45) is 5.92 Å². The van der Waals surface area contributed by atoms with E-state index in [1.54, 1.807) is 25.1 Å². The van der Waals surface area contributed by atoms with Crippen LogP contribution in [0.1, 0.15) is 23.7 Å². The molecule has 0 bridgehead atoms. The highest BCUT2D eigenvalue weighted by Crippen LogP contribution is 2.33. The molecule has 0 unspecified atom stereocenters. The molecule has 0 spiro atoms. The summed E-state index contributed by atoms with van der Waals surface area (Å²) >= 11 is 12.1. The summed E-state index contributed by atoms with van der Waals surface area (Å²) in [6, 6.07) is 10.8. The molecular weight excluding hydrogens is 459 g/mol. The third-order valence-corrected chi connectivity index (χ3v) is 5.24. The lowest BCUT2D eigenvalue weighted by Crippen LogP contribution is -2.28. The van der Waals surface area contributed by atoms with Crippen LogP contribution in [-0.4, -0.2) is 43.5 Å². The van der Waals surface area contributed by atoms with Crippen LogP contribution in [0, 0.1) is 5.92 Å². The highest BCUT2D eigenvalue weighted by atomic mass is 35.5. The lowest BCUT2D eigenvalue weighted by atomic mass is 10.1. The first kappa shape index (κ1) is 23.6. The van der Waals surface area contributed by atoms with Crippen molar-refractivity contribution < 1.29 is 28.7 Å². The third kappa shape index (κ3) is 5.77. The molecule has 3 rings (SSSR count). The van der Waals surface area contributed by atoms with Crippen molar-refractivity contribution >= 4 is 58.3 Å². The van der Waals surface area contributed by atoms with Gasteiger partial charge < -0.3 is 19.7 Å². The Balaban J connectivity index is 1.51. The molecule has 1 heterocycles. The number of carbonyl (C=O) groups excluding carboxylic acids is 4. The van der Waals surface area contributed by atoms with Crippen LogP contribution in [0.3, 0.4) is 0 Å². The number of carbonyl (C=O) groups is 4. The maximum atomic E-state index is 12.4. The SMILES string of the molecule is CCOC(=O)c1ccc(NC(=O)COC(=O)[C@H]2CC(=O)N(c3cc(Cl)ccc3Cl)C2)cc1. The molecule has 0 aromatic heterocycles. The Bertz CT molecular complexity index is 1040. The van der Waals surface area contributed by atoms with Gasteiger partial charge in [0.2, 0.25) is 5.91 Å². The summed E-state index contributed by atoms with van der Waals surface area (Å²) in [5.74, 6) is -2.69. The summed E-state index contributed by atoms with van der Waals surface area (Å²) in [5, 5.41) is 3.32. The number of nitrogens with zero attached hydrogens (tertiary/aromatic N) is 1. The molecule has 168 valence electrons. The molecular formula is C22H20Cl2N2O6. The zero-order valence-corrected chi connectivity index (χ0v) is 18.6. The molecule has 1 saturated heterocycles. The second-order valence-corrected chi connectivity index (χ2v) is 7.80. The number of amides is 2. The van der Waals surface area contributed by atoms with Crippen LogP contribution >= 0.6 is 23.2 Å². The number of ether oxygens (including phenoxy) is 2. The minimum absolute atomic E-state index is 0.0569. The van der Waals surface area contributed by atoms with Gasteiger partial charge in [-0.25, -0.2) is 4.79 Å². The first-order valence-electron chi connectivity index (χ1n) is 9.77. The standard InChI is InChI=1S/C22H20Cl2N2O6/c1-2-31-21(29)13-3-6-16(7-4-13)25-19(27)12-32-22(30)14-9-20(28)26(11-14)18-10-15(23)5-8-17(18)24/h3-8,10,14H,2,9,11-12H2,1H3,(H,25,27)/t14-/m0/s1. The average molecular weight is 479 g/mol. The van der Waals surface area contributed by atoms with Crippen LogP contribution < -0.4 is 10.2 Å². The third-order valence-electron chi connectivity index (χ3n) is 4.68. The fourth-order valence-electron chi connectivity index (χ4n) is 3.15. The molecule has 2 aromatic carbocycles. The van der Waals surface area contributed by atoms with Gasteiger partial charge in [-0.2, -0.15) is 0 Å².